The van der Waals surface area contributed by atoms with Crippen LogP contribution in [0.25, 0.3) is 11.5 Å². The molecule has 0 aromatic carbocycles. The van der Waals surface area contributed by atoms with E-state index in [4.69, 9.17) is 4.42 Å². The summed E-state index contributed by atoms with van der Waals surface area (Å²) in [5.41, 5.74) is 0.711. The maximum Gasteiger partial charge on any atom is 0.246 e. The third-order valence-electron chi connectivity index (χ3n) is 3.79. The lowest BCUT2D eigenvalue weighted by atomic mass is 10.2. The Morgan fingerprint density at radius 2 is 2.32 bits per heavy atom. The van der Waals surface area contributed by atoms with Gasteiger partial charge in [-0.3, -0.25) is 0 Å². The van der Waals surface area contributed by atoms with E-state index in [0.29, 0.717) is 11.6 Å². The first-order valence-corrected chi connectivity index (χ1v) is 8.12. The molecular weight excluding hydrogens is 298 g/mol. The fourth-order valence-corrected chi connectivity index (χ4v) is 3.55. The predicted octanol–water partition coefficient (Wildman–Crippen LogP) is 3.24. The Balaban J connectivity index is 1.67. The van der Waals surface area contributed by atoms with Crippen molar-refractivity contribution in [2.75, 3.05) is 11.4 Å². The summed E-state index contributed by atoms with van der Waals surface area (Å²) >= 11 is 1.68. The molecule has 1 saturated heterocycles. The zero-order chi connectivity index (χ0) is 14.9. The van der Waals surface area contributed by atoms with Crippen molar-refractivity contribution in [3.05, 3.63) is 40.7 Å². The molecule has 0 radical (unpaired) electrons. The van der Waals surface area contributed by atoms with Crippen LogP contribution in [0, 0.1) is 6.92 Å². The smallest absolute Gasteiger partial charge is 0.246 e. The molecule has 3 aromatic rings. The van der Waals surface area contributed by atoms with Crippen LogP contribution in [-0.4, -0.2) is 26.7 Å². The van der Waals surface area contributed by atoms with Crippen LogP contribution < -0.4 is 4.90 Å². The van der Waals surface area contributed by atoms with Crippen LogP contribution in [0.5, 0.6) is 0 Å². The van der Waals surface area contributed by atoms with Gasteiger partial charge in [-0.25, -0.2) is 9.97 Å². The molecule has 4 heterocycles. The minimum Gasteiger partial charge on any atom is -0.460 e. The Labute approximate surface area is 131 Å². The average molecular weight is 313 g/mol. The Morgan fingerprint density at radius 3 is 3.09 bits per heavy atom. The van der Waals surface area contributed by atoms with Crippen molar-refractivity contribution in [1.29, 1.82) is 0 Å². The second-order valence-corrected chi connectivity index (χ2v) is 6.20. The van der Waals surface area contributed by atoms with E-state index in [2.05, 4.69) is 25.1 Å². The summed E-state index contributed by atoms with van der Waals surface area (Å²) in [4.78, 5) is 11.3. The third-order valence-corrected chi connectivity index (χ3v) is 4.66. The summed E-state index contributed by atoms with van der Waals surface area (Å²) in [7, 11) is 0. The minimum atomic E-state index is 0.246. The van der Waals surface area contributed by atoms with Crippen molar-refractivity contribution in [2.24, 2.45) is 0 Å². The van der Waals surface area contributed by atoms with E-state index in [0.717, 1.165) is 35.9 Å². The van der Waals surface area contributed by atoms with Gasteiger partial charge in [0.25, 0.3) is 0 Å². The van der Waals surface area contributed by atoms with E-state index in [1.807, 2.05) is 30.6 Å². The van der Waals surface area contributed by atoms with Crippen molar-refractivity contribution >= 4 is 17.3 Å². The first-order chi connectivity index (χ1) is 10.8. The number of aryl methyl sites for hydroxylation is 1. The van der Waals surface area contributed by atoms with Gasteiger partial charge < -0.3 is 9.32 Å². The number of hydrogen-bond donors (Lipinski definition) is 0. The average Bonchev–Trinajstić information content (AvgIpc) is 3.28. The molecule has 112 valence electrons. The highest BCUT2D eigenvalue weighted by Crippen LogP contribution is 2.35. The minimum absolute atomic E-state index is 0.246. The van der Waals surface area contributed by atoms with Crippen LogP contribution in [0.3, 0.4) is 0 Å². The fourth-order valence-electron chi connectivity index (χ4n) is 2.77. The van der Waals surface area contributed by atoms with Crippen molar-refractivity contribution in [1.82, 2.24) is 20.2 Å². The quantitative estimate of drug-likeness (QED) is 0.739. The zero-order valence-corrected chi connectivity index (χ0v) is 13.0. The van der Waals surface area contributed by atoms with E-state index >= 15 is 0 Å². The molecule has 22 heavy (non-hydrogen) atoms. The van der Waals surface area contributed by atoms with Gasteiger partial charge in [0.2, 0.25) is 5.95 Å². The summed E-state index contributed by atoms with van der Waals surface area (Å²) in [6.07, 6.45) is 5.66. The third kappa shape index (κ3) is 2.37. The second kappa shape index (κ2) is 5.49. The second-order valence-electron chi connectivity index (χ2n) is 5.27. The van der Waals surface area contributed by atoms with Crippen LogP contribution in [-0.2, 0) is 0 Å². The molecule has 0 aliphatic carbocycles. The van der Waals surface area contributed by atoms with Gasteiger partial charge in [0.1, 0.15) is 16.5 Å². The molecule has 0 unspecified atom stereocenters. The molecule has 0 saturated carbocycles. The molecule has 0 bridgehead atoms. The Kier molecular flexibility index (Phi) is 3.34. The lowest BCUT2D eigenvalue weighted by molar-refractivity contribution is 0.545. The van der Waals surface area contributed by atoms with Gasteiger partial charge in [0, 0.05) is 18.1 Å². The monoisotopic (exact) mass is 313 g/mol. The van der Waals surface area contributed by atoms with E-state index < -0.39 is 0 Å². The topological polar surface area (TPSA) is 67.9 Å². The maximum absolute atomic E-state index is 5.63. The van der Waals surface area contributed by atoms with Gasteiger partial charge >= 0.3 is 0 Å². The van der Waals surface area contributed by atoms with Gasteiger partial charge in [0.05, 0.1) is 12.2 Å². The first-order valence-electron chi connectivity index (χ1n) is 7.24. The van der Waals surface area contributed by atoms with Crippen LogP contribution in [0.4, 0.5) is 5.95 Å². The Hall–Kier alpha value is -2.28. The Morgan fingerprint density at radius 1 is 1.36 bits per heavy atom. The number of aromatic nitrogens is 4. The van der Waals surface area contributed by atoms with Gasteiger partial charge in [-0.1, -0.05) is 0 Å². The van der Waals surface area contributed by atoms with Gasteiger partial charge in [-0.15, -0.1) is 16.4 Å². The molecule has 0 N–H and O–H groups in total. The molecule has 3 aromatic heterocycles. The largest absolute Gasteiger partial charge is 0.460 e. The van der Waals surface area contributed by atoms with Crippen molar-refractivity contribution in [3.8, 4) is 11.5 Å². The lowest BCUT2D eigenvalue weighted by Gasteiger charge is -2.22. The van der Waals surface area contributed by atoms with E-state index in [-0.39, 0.29) is 6.04 Å². The summed E-state index contributed by atoms with van der Waals surface area (Å²) in [6, 6.07) is 4.08. The lowest BCUT2D eigenvalue weighted by Crippen LogP contribution is -2.25. The number of furan rings is 1. The highest BCUT2D eigenvalue weighted by atomic mass is 32.1. The molecule has 4 rings (SSSR count). The molecule has 1 atom stereocenters. The first kappa shape index (κ1) is 13.4. The Bertz CT molecular complexity index is 770. The summed E-state index contributed by atoms with van der Waals surface area (Å²) in [5, 5.41) is 11.4. The SMILES string of the molecule is Cc1ccc(-c2cnnc(N3CCC[C@@H]3c3nccs3)n2)o1. The van der Waals surface area contributed by atoms with Crippen molar-refractivity contribution in [2.45, 2.75) is 25.8 Å². The molecule has 1 fully saturated rings. The number of anilines is 1. The molecule has 0 amide bonds. The van der Waals surface area contributed by atoms with Crippen molar-refractivity contribution < 1.29 is 4.42 Å². The number of thiazole rings is 1. The summed E-state index contributed by atoms with van der Waals surface area (Å²) < 4.78 is 5.63. The highest BCUT2D eigenvalue weighted by molar-refractivity contribution is 7.09. The van der Waals surface area contributed by atoms with Gasteiger partial charge in [0.15, 0.2) is 5.76 Å². The number of hydrogen-bond acceptors (Lipinski definition) is 7. The molecule has 1 aliphatic rings. The van der Waals surface area contributed by atoms with E-state index in [9.17, 15) is 0 Å². The molecule has 7 heteroatoms. The fraction of sp³-hybridized carbons (Fsp3) is 0.333. The standard InChI is InChI=1S/C15H15N5OS/c1-10-4-5-13(21-10)11-9-17-19-15(18-11)20-7-2-3-12(20)14-16-6-8-22-14/h4-6,8-9,12H,2-3,7H2,1H3/t12-/m1/s1. The van der Waals surface area contributed by atoms with Gasteiger partial charge in [-0.05, 0) is 31.9 Å². The molecule has 0 spiro atoms. The van der Waals surface area contributed by atoms with E-state index in [1.165, 1.54) is 0 Å². The summed E-state index contributed by atoms with van der Waals surface area (Å²) in [6.45, 7) is 2.84. The van der Waals surface area contributed by atoms with Crippen LogP contribution >= 0.6 is 11.3 Å². The molecule has 6 nitrogen and oxygen atoms in total. The number of rotatable bonds is 3. The van der Waals surface area contributed by atoms with Gasteiger partial charge in [-0.2, -0.15) is 5.10 Å². The maximum atomic E-state index is 5.63. The molecular formula is C15H15N5OS. The van der Waals surface area contributed by atoms with Crippen LogP contribution in [0.1, 0.15) is 29.7 Å². The van der Waals surface area contributed by atoms with Crippen molar-refractivity contribution in [3.63, 3.8) is 0 Å². The van der Waals surface area contributed by atoms with Crippen LogP contribution in [0.15, 0.2) is 34.3 Å². The van der Waals surface area contributed by atoms with E-state index in [1.54, 1.807) is 17.5 Å². The number of nitrogens with zero attached hydrogens (tertiary/aromatic N) is 5. The van der Waals surface area contributed by atoms with Crippen LogP contribution in [0.2, 0.25) is 0 Å². The normalized spacial score (nSPS) is 18.0. The highest BCUT2D eigenvalue weighted by Gasteiger charge is 2.30. The summed E-state index contributed by atoms with van der Waals surface area (Å²) in [5.74, 6) is 2.22. The zero-order valence-electron chi connectivity index (χ0n) is 12.1. The molecule has 1 aliphatic heterocycles. The predicted molar refractivity (Wildman–Crippen MR) is 83.7 cm³/mol.